The third kappa shape index (κ3) is 5.75. The van der Waals surface area contributed by atoms with Crippen LogP contribution in [0.5, 0.6) is 11.5 Å². The first-order valence-electron chi connectivity index (χ1n) is 11.6. The van der Waals surface area contributed by atoms with E-state index in [1.807, 2.05) is 60.2 Å². The van der Waals surface area contributed by atoms with E-state index < -0.39 is 0 Å². The van der Waals surface area contributed by atoms with E-state index in [9.17, 15) is 4.79 Å². The van der Waals surface area contributed by atoms with Gasteiger partial charge in [-0.25, -0.2) is 9.97 Å². The van der Waals surface area contributed by atoms with Crippen LogP contribution in [0, 0.1) is 0 Å². The fraction of sp³-hybridized carbons (Fsp3) is 0.346. The molecule has 2 aromatic carbocycles. The molecule has 0 radical (unpaired) electrons. The van der Waals surface area contributed by atoms with Gasteiger partial charge in [0.15, 0.2) is 11.7 Å². The summed E-state index contributed by atoms with van der Waals surface area (Å²) in [5.41, 5.74) is 2.02. The Morgan fingerprint density at radius 1 is 1.15 bits per heavy atom. The van der Waals surface area contributed by atoms with Gasteiger partial charge in [0, 0.05) is 25.5 Å². The molecule has 0 unspecified atom stereocenters. The van der Waals surface area contributed by atoms with Crippen molar-refractivity contribution in [2.24, 2.45) is 0 Å². The molecule has 4 rings (SSSR count). The normalized spacial score (nSPS) is 11.2. The van der Waals surface area contributed by atoms with Gasteiger partial charge in [0.2, 0.25) is 0 Å². The maximum absolute atomic E-state index is 13.3. The fourth-order valence-electron chi connectivity index (χ4n) is 3.63. The van der Waals surface area contributed by atoms with E-state index in [0.29, 0.717) is 30.0 Å². The number of anilines is 1. The Balaban J connectivity index is 1.51. The van der Waals surface area contributed by atoms with Gasteiger partial charge in [-0.05, 0) is 49.1 Å². The van der Waals surface area contributed by atoms with Gasteiger partial charge in [0.05, 0.1) is 17.6 Å². The van der Waals surface area contributed by atoms with Crippen LogP contribution in [0.15, 0.2) is 61.2 Å². The average Bonchev–Trinajstić information content (AvgIpc) is 3.51. The average molecular weight is 479 g/mol. The molecule has 2 aromatic heterocycles. The Bertz CT molecular complexity index is 1200. The number of amides is 1. The first-order valence-corrected chi connectivity index (χ1v) is 12.4. The summed E-state index contributed by atoms with van der Waals surface area (Å²) >= 11 is 1.49. The summed E-state index contributed by atoms with van der Waals surface area (Å²) in [6.45, 7) is 8.03. The van der Waals surface area contributed by atoms with E-state index in [0.717, 1.165) is 28.9 Å². The van der Waals surface area contributed by atoms with Gasteiger partial charge in [-0.2, -0.15) is 0 Å². The fourth-order valence-corrected chi connectivity index (χ4v) is 4.65. The summed E-state index contributed by atoms with van der Waals surface area (Å²) in [6.07, 6.45) is 6.22. The second kappa shape index (κ2) is 11.2. The van der Waals surface area contributed by atoms with Gasteiger partial charge in [0.1, 0.15) is 17.0 Å². The van der Waals surface area contributed by atoms with Crippen LogP contribution in [0.3, 0.4) is 0 Å². The van der Waals surface area contributed by atoms with Gasteiger partial charge < -0.3 is 14.0 Å². The van der Waals surface area contributed by atoms with E-state index in [-0.39, 0.29) is 12.5 Å². The van der Waals surface area contributed by atoms with Crippen molar-refractivity contribution in [3.63, 3.8) is 0 Å². The number of carbonyl (C=O) groups is 1. The maximum atomic E-state index is 13.3. The zero-order valence-corrected chi connectivity index (χ0v) is 20.6. The number of nitrogens with zero attached hydrogens (tertiary/aromatic N) is 4. The quantitative estimate of drug-likeness (QED) is 0.284. The van der Waals surface area contributed by atoms with E-state index in [1.54, 1.807) is 17.4 Å². The van der Waals surface area contributed by atoms with Crippen LogP contribution in [-0.2, 0) is 11.3 Å². The summed E-state index contributed by atoms with van der Waals surface area (Å²) in [6, 6.07) is 13.8. The van der Waals surface area contributed by atoms with E-state index in [2.05, 4.69) is 18.8 Å². The van der Waals surface area contributed by atoms with E-state index >= 15 is 0 Å². The molecule has 0 bridgehead atoms. The van der Waals surface area contributed by atoms with Crippen LogP contribution in [0.25, 0.3) is 10.2 Å². The Labute approximate surface area is 204 Å². The zero-order chi connectivity index (χ0) is 23.9. The van der Waals surface area contributed by atoms with Crippen LogP contribution in [0.4, 0.5) is 5.13 Å². The number of ether oxygens (including phenoxy) is 2. The smallest absolute Gasteiger partial charge is 0.266 e. The topological polar surface area (TPSA) is 69.5 Å². The zero-order valence-electron chi connectivity index (χ0n) is 19.8. The number of hydrogen-bond donors (Lipinski definition) is 0. The van der Waals surface area contributed by atoms with Crippen molar-refractivity contribution in [2.75, 3.05) is 24.7 Å². The van der Waals surface area contributed by atoms with Gasteiger partial charge in [-0.1, -0.05) is 43.4 Å². The number of aromatic nitrogens is 3. The molecule has 0 fully saturated rings. The molecule has 0 N–H and O–H groups in total. The van der Waals surface area contributed by atoms with Crippen LogP contribution in [0.1, 0.15) is 38.7 Å². The molecule has 2 heterocycles. The van der Waals surface area contributed by atoms with Gasteiger partial charge in [-0.3, -0.25) is 9.69 Å². The molecule has 0 atom stereocenters. The van der Waals surface area contributed by atoms with Crippen molar-refractivity contribution in [3.8, 4) is 11.5 Å². The summed E-state index contributed by atoms with van der Waals surface area (Å²) in [5, 5.41) is 0.650. The third-order valence-corrected chi connectivity index (χ3v) is 6.51. The second-order valence-electron chi connectivity index (χ2n) is 8.24. The Morgan fingerprint density at radius 3 is 2.68 bits per heavy atom. The van der Waals surface area contributed by atoms with Crippen molar-refractivity contribution in [3.05, 3.63) is 66.7 Å². The summed E-state index contributed by atoms with van der Waals surface area (Å²) in [4.78, 5) is 23.9. The molecule has 8 heteroatoms. The van der Waals surface area contributed by atoms with Gasteiger partial charge in [0.25, 0.3) is 5.91 Å². The van der Waals surface area contributed by atoms with Crippen molar-refractivity contribution in [1.29, 1.82) is 0 Å². The first kappa shape index (κ1) is 23.8. The van der Waals surface area contributed by atoms with Crippen molar-refractivity contribution in [1.82, 2.24) is 14.5 Å². The highest BCUT2D eigenvalue weighted by Gasteiger charge is 2.21. The van der Waals surface area contributed by atoms with E-state index in [1.165, 1.54) is 16.9 Å². The van der Waals surface area contributed by atoms with Gasteiger partial charge >= 0.3 is 0 Å². The van der Waals surface area contributed by atoms with Crippen molar-refractivity contribution >= 4 is 32.6 Å². The Kier molecular flexibility index (Phi) is 7.80. The molecule has 0 saturated carbocycles. The number of benzene rings is 2. The highest BCUT2D eigenvalue weighted by atomic mass is 32.1. The molecule has 1 amide bonds. The molecular weight excluding hydrogens is 448 g/mol. The lowest BCUT2D eigenvalue weighted by atomic mass is 10.0. The van der Waals surface area contributed by atoms with Gasteiger partial charge in [-0.15, -0.1) is 0 Å². The highest BCUT2D eigenvalue weighted by Crippen LogP contribution is 2.34. The minimum atomic E-state index is -0.129. The summed E-state index contributed by atoms with van der Waals surface area (Å²) in [5.74, 6) is 1.73. The SMILES string of the molecule is CCOc1cccc2sc(N(CCCn3ccnc3)C(=O)COc3ccc(C(C)C)cc3)nc12. The van der Waals surface area contributed by atoms with Crippen LogP contribution in [0.2, 0.25) is 0 Å². The van der Waals surface area contributed by atoms with Crippen LogP contribution >= 0.6 is 11.3 Å². The molecule has 0 aliphatic carbocycles. The molecule has 7 nitrogen and oxygen atoms in total. The number of aryl methyl sites for hydroxylation is 1. The predicted molar refractivity (Wildman–Crippen MR) is 136 cm³/mol. The molecule has 0 aliphatic heterocycles. The minimum Gasteiger partial charge on any atom is -0.492 e. The highest BCUT2D eigenvalue weighted by molar-refractivity contribution is 7.22. The lowest BCUT2D eigenvalue weighted by Gasteiger charge is -2.20. The number of para-hydroxylation sites is 1. The number of imidazole rings is 1. The van der Waals surface area contributed by atoms with Crippen molar-refractivity contribution < 1.29 is 14.3 Å². The lowest BCUT2D eigenvalue weighted by Crippen LogP contribution is -2.36. The molecule has 0 spiro atoms. The molecule has 178 valence electrons. The maximum Gasteiger partial charge on any atom is 0.266 e. The number of fused-ring (bicyclic) bond motifs is 1. The first-order chi connectivity index (χ1) is 16.5. The number of hydrogen-bond acceptors (Lipinski definition) is 6. The standard InChI is InChI=1S/C26H30N4O3S/c1-4-32-22-7-5-8-23-25(22)28-26(34-23)30(15-6-14-29-16-13-27-18-29)24(31)17-33-21-11-9-20(10-12-21)19(2)3/h5,7-13,16,18-19H,4,6,14-15,17H2,1-3H3. The molecule has 34 heavy (non-hydrogen) atoms. The van der Waals surface area contributed by atoms with Crippen molar-refractivity contribution in [2.45, 2.75) is 39.7 Å². The van der Waals surface area contributed by atoms with E-state index in [4.69, 9.17) is 14.5 Å². The molecular formula is C26H30N4O3S. The summed E-state index contributed by atoms with van der Waals surface area (Å²) in [7, 11) is 0. The molecule has 4 aromatic rings. The van der Waals surface area contributed by atoms with Crippen LogP contribution in [-0.4, -0.2) is 40.2 Å². The molecule has 0 saturated heterocycles. The largest absolute Gasteiger partial charge is 0.492 e. The monoisotopic (exact) mass is 478 g/mol. The lowest BCUT2D eigenvalue weighted by molar-refractivity contribution is -0.120. The second-order valence-corrected chi connectivity index (χ2v) is 9.25. The molecule has 0 aliphatic rings. The third-order valence-electron chi connectivity index (χ3n) is 5.47. The number of rotatable bonds is 11. The predicted octanol–water partition coefficient (Wildman–Crippen LogP) is 5.52. The Morgan fingerprint density at radius 2 is 1.97 bits per heavy atom. The minimum absolute atomic E-state index is 0.0552. The number of thiazole rings is 1. The number of carbonyl (C=O) groups excluding carboxylic acids is 1. The Hall–Kier alpha value is -3.39. The summed E-state index contributed by atoms with van der Waals surface area (Å²) < 4.78 is 14.6. The van der Waals surface area contributed by atoms with Crippen LogP contribution < -0.4 is 14.4 Å².